The van der Waals surface area contributed by atoms with Crippen molar-refractivity contribution in [3.05, 3.63) is 52.4 Å². The average molecular weight is 291 g/mol. The maximum Gasteiger partial charge on any atom is 0.251 e. The molecule has 1 amide bonds. The van der Waals surface area contributed by atoms with Crippen LogP contribution < -0.4 is 10.6 Å². The summed E-state index contributed by atoms with van der Waals surface area (Å²) in [6.45, 7) is 2.33. The molecule has 0 aliphatic heterocycles. The summed E-state index contributed by atoms with van der Waals surface area (Å²) in [7, 11) is 1.72. The van der Waals surface area contributed by atoms with E-state index in [0.29, 0.717) is 17.9 Å². The van der Waals surface area contributed by atoms with Gasteiger partial charge in [-0.1, -0.05) is 17.7 Å². The SMILES string of the molecule is CNc1cc(C(=O)NCc2ncccc2C)cc(Cl)n1. The zero-order valence-electron chi connectivity index (χ0n) is 11.3. The fourth-order valence-electron chi connectivity index (χ4n) is 1.73. The zero-order valence-corrected chi connectivity index (χ0v) is 12.0. The molecule has 2 rings (SSSR count). The lowest BCUT2D eigenvalue weighted by Gasteiger charge is -2.08. The molecule has 0 aliphatic carbocycles. The van der Waals surface area contributed by atoms with Crippen LogP contribution in [-0.4, -0.2) is 22.9 Å². The maximum atomic E-state index is 12.1. The van der Waals surface area contributed by atoms with Gasteiger partial charge in [0.25, 0.3) is 5.91 Å². The third-order valence-electron chi connectivity index (χ3n) is 2.85. The quantitative estimate of drug-likeness (QED) is 0.849. The first-order valence-electron chi connectivity index (χ1n) is 6.14. The fourth-order valence-corrected chi connectivity index (χ4v) is 1.93. The van der Waals surface area contributed by atoms with Crippen LogP contribution in [0.4, 0.5) is 5.82 Å². The van der Waals surface area contributed by atoms with Gasteiger partial charge in [0.1, 0.15) is 11.0 Å². The van der Waals surface area contributed by atoms with Crippen molar-refractivity contribution in [3.8, 4) is 0 Å². The molecule has 2 aromatic heterocycles. The molecule has 0 bridgehead atoms. The largest absolute Gasteiger partial charge is 0.373 e. The predicted molar refractivity (Wildman–Crippen MR) is 78.9 cm³/mol. The summed E-state index contributed by atoms with van der Waals surface area (Å²) in [4.78, 5) is 20.4. The Balaban J connectivity index is 2.09. The lowest BCUT2D eigenvalue weighted by atomic mass is 10.2. The molecule has 0 fully saturated rings. The van der Waals surface area contributed by atoms with Crippen molar-refractivity contribution in [2.75, 3.05) is 12.4 Å². The van der Waals surface area contributed by atoms with Crippen LogP contribution in [0.3, 0.4) is 0 Å². The van der Waals surface area contributed by atoms with Crippen LogP contribution in [0.2, 0.25) is 5.15 Å². The van der Waals surface area contributed by atoms with E-state index < -0.39 is 0 Å². The van der Waals surface area contributed by atoms with Crippen molar-refractivity contribution in [2.45, 2.75) is 13.5 Å². The number of nitrogens with one attached hydrogen (secondary N) is 2. The zero-order chi connectivity index (χ0) is 14.5. The number of aryl methyl sites for hydroxylation is 1. The summed E-state index contributed by atoms with van der Waals surface area (Å²) >= 11 is 5.87. The normalized spacial score (nSPS) is 10.2. The van der Waals surface area contributed by atoms with Gasteiger partial charge in [-0.05, 0) is 30.7 Å². The Labute approximate surface area is 122 Å². The monoisotopic (exact) mass is 290 g/mol. The number of carbonyl (C=O) groups is 1. The summed E-state index contributed by atoms with van der Waals surface area (Å²) < 4.78 is 0. The number of nitrogens with zero attached hydrogens (tertiary/aromatic N) is 2. The third kappa shape index (κ3) is 3.45. The molecule has 2 N–H and O–H groups in total. The van der Waals surface area contributed by atoms with Gasteiger partial charge in [-0.25, -0.2) is 4.98 Å². The van der Waals surface area contributed by atoms with E-state index in [1.165, 1.54) is 6.07 Å². The molecule has 0 unspecified atom stereocenters. The Bertz CT molecular complexity index is 630. The Hall–Kier alpha value is -2.14. The van der Waals surface area contributed by atoms with Crippen molar-refractivity contribution in [1.82, 2.24) is 15.3 Å². The van der Waals surface area contributed by atoms with Crippen molar-refractivity contribution >= 4 is 23.3 Å². The number of carbonyl (C=O) groups excluding carboxylic acids is 1. The molecule has 0 aliphatic rings. The molecule has 0 atom stereocenters. The average Bonchev–Trinajstić information content (AvgIpc) is 2.45. The molecule has 0 saturated carbocycles. The van der Waals surface area contributed by atoms with Gasteiger partial charge in [-0.15, -0.1) is 0 Å². The summed E-state index contributed by atoms with van der Waals surface area (Å²) in [6, 6.07) is 6.99. The van der Waals surface area contributed by atoms with Gasteiger partial charge in [0.15, 0.2) is 0 Å². The highest BCUT2D eigenvalue weighted by Crippen LogP contribution is 2.14. The number of pyridine rings is 2. The minimum atomic E-state index is -0.212. The van der Waals surface area contributed by atoms with Gasteiger partial charge in [0.2, 0.25) is 0 Å². The van der Waals surface area contributed by atoms with Gasteiger partial charge >= 0.3 is 0 Å². The van der Waals surface area contributed by atoms with E-state index in [1.54, 1.807) is 19.3 Å². The minimum Gasteiger partial charge on any atom is -0.373 e. The molecule has 20 heavy (non-hydrogen) atoms. The van der Waals surface area contributed by atoms with Crippen LogP contribution in [0, 0.1) is 6.92 Å². The summed E-state index contributed by atoms with van der Waals surface area (Å²) in [5.41, 5.74) is 2.34. The van der Waals surface area contributed by atoms with Crippen LogP contribution >= 0.6 is 11.6 Å². The fraction of sp³-hybridized carbons (Fsp3) is 0.214. The molecule has 6 heteroatoms. The van der Waals surface area contributed by atoms with Gasteiger partial charge in [-0.2, -0.15) is 0 Å². The van der Waals surface area contributed by atoms with E-state index in [2.05, 4.69) is 20.6 Å². The number of hydrogen-bond acceptors (Lipinski definition) is 4. The lowest BCUT2D eigenvalue weighted by Crippen LogP contribution is -2.24. The van der Waals surface area contributed by atoms with E-state index in [9.17, 15) is 4.79 Å². The summed E-state index contributed by atoms with van der Waals surface area (Å²) in [6.07, 6.45) is 1.71. The molecular formula is C14H15ClN4O. The highest BCUT2D eigenvalue weighted by atomic mass is 35.5. The van der Waals surface area contributed by atoms with E-state index in [1.807, 2.05) is 19.1 Å². The number of amides is 1. The van der Waals surface area contributed by atoms with Crippen molar-refractivity contribution in [2.24, 2.45) is 0 Å². The van der Waals surface area contributed by atoms with E-state index >= 15 is 0 Å². The van der Waals surface area contributed by atoms with Crippen LogP contribution in [0.25, 0.3) is 0 Å². The number of hydrogen-bond donors (Lipinski definition) is 2. The summed E-state index contributed by atoms with van der Waals surface area (Å²) in [5, 5.41) is 5.95. The molecule has 0 aromatic carbocycles. The molecule has 0 spiro atoms. The second-order valence-corrected chi connectivity index (χ2v) is 4.65. The van der Waals surface area contributed by atoms with Gasteiger partial charge in [0.05, 0.1) is 12.2 Å². The third-order valence-corrected chi connectivity index (χ3v) is 3.04. The Morgan fingerprint density at radius 1 is 1.40 bits per heavy atom. The Morgan fingerprint density at radius 3 is 2.90 bits per heavy atom. The highest BCUT2D eigenvalue weighted by molar-refractivity contribution is 6.29. The first-order chi connectivity index (χ1) is 9.60. The van der Waals surface area contributed by atoms with Gasteiger partial charge < -0.3 is 10.6 Å². The molecular weight excluding hydrogens is 276 g/mol. The molecule has 2 heterocycles. The molecule has 0 radical (unpaired) electrons. The molecule has 104 valence electrons. The maximum absolute atomic E-state index is 12.1. The lowest BCUT2D eigenvalue weighted by molar-refractivity contribution is 0.0950. The van der Waals surface area contributed by atoms with E-state index in [-0.39, 0.29) is 11.1 Å². The minimum absolute atomic E-state index is 0.212. The van der Waals surface area contributed by atoms with Crippen molar-refractivity contribution in [3.63, 3.8) is 0 Å². The number of halogens is 1. The van der Waals surface area contributed by atoms with Crippen LogP contribution in [-0.2, 0) is 6.54 Å². The predicted octanol–water partition coefficient (Wildman–Crippen LogP) is 2.41. The second-order valence-electron chi connectivity index (χ2n) is 4.26. The highest BCUT2D eigenvalue weighted by Gasteiger charge is 2.09. The number of rotatable bonds is 4. The summed E-state index contributed by atoms with van der Waals surface area (Å²) in [5.74, 6) is 0.340. The topological polar surface area (TPSA) is 66.9 Å². The second kappa shape index (κ2) is 6.34. The Morgan fingerprint density at radius 2 is 2.20 bits per heavy atom. The van der Waals surface area contributed by atoms with Gasteiger partial charge in [-0.3, -0.25) is 9.78 Å². The van der Waals surface area contributed by atoms with Gasteiger partial charge in [0, 0.05) is 18.8 Å². The van der Waals surface area contributed by atoms with Crippen LogP contribution in [0.1, 0.15) is 21.6 Å². The van der Waals surface area contributed by atoms with Crippen LogP contribution in [0.15, 0.2) is 30.5 Å². The van der Waals surface area contributed by atoms with Crippen molar-refractivity contribution in [1.29, 1.82) is 0 Å². The molecule has 2 aromatic rings. The Kier molecular flexibility index (Phi) is 4.53. The van der Waals surface area contributed by atoms with E-state index in [4.69, 9.17) is 11.6 Å². The molecule has 5 nitrogen and oxygen atoms in total. The molecule has 0 saturated heterocycles. The first kappa shape index (κ1) is 14.3. The first-order valence-corrected chi connectivity index (χ1v) is 6.52. The smallest absolute Gasteiger partial charge is 0.251 e. The van der Waals surface area contributed by atoms with Crippen molar-refractivity contribution < 1.29 is 4.79 Å². The number of aromatic nitrogens is 2. The standard InChI is InChI=1S/C14H15ClN4O/c1-9-4-3-5-17-11(9)8-18-14(20)10-6-12(15)19-13(7-10)16-2/h3-7H,8H2,1-2H3,(H,16,19)(H,18,20). The van der Waals surface area contributed by atoms with E-state index in [0.717, 1.165) is 11.3 Å². The van der Waals surface area contributed by atoms with Crippen LogP contribution in [0.5, 0.6) is 0 Å². The number of anilines is 1.